The van der Waals surface area contributed by atoms with Gasteiger partial charge in [-0.2, -0.15) is 0 Å². The fraction of sp³-hybridized carbons (Fsp3) is 0.278. The molecule has 0 saturated carbocycles. The summed E-state index contributed by atoms with van der Waals surface area (Å²) < 4.78 is 0. The van der Waals surface area contributed by atoms with E-state index in [9.17, 15) is 4.79 Å². The lowest BCUT2D eigenvalue weighted by Gasteiger charge is -2.11. The van der Waals surface area contributed by atoms with Crippen LogP contribution in [0.25, 0.3) is 0 Å². The van der Waals surface area contributed by atoms with Gasteiger partial charge in [0.25, 0.3) is 0 Å². The summed E-state index contributed by atoms with van der Waals surface area (Å²) >= 11 is 6.01. The zero-order chi connectivity index (χ0) is 16.4. The van der Waals surface area contributed by atoms with E-state index in [2.05, 4.69) is 9.98 Å². The molecular formula is C18H18ClN3O. The Hall–Kier alpha value is -2.20. The first-order valence-electron chi connectivity index (χ1n) is 7.58. The lowest BCUT2D eigenvalue weighted by Crippen LogP contribution is -2.12. The monoisotopic (exact) mass is 327 g/mol. The van der Waals surface area contributed by atoms with Crippen LogP contribution in [0.2, 0.25) is 5.02 Å². The molecule has 1 aliphatic rings. The van der Waals surface area contributed by atoms with Gasteiger partial charge in [-0.25, -0.2) is 0 Å². The van der Waals surface area contributed by atoms with Crippen molar-refractivity contribution in [2.45, 2.75) is 32.2 Å². The van der Waals surface area contributed by atoms with E-state index >= 15 is 0 Å². The summed E-state index contributed by atoms with van der Waals surface area (Å²) in [5.41, 5.74) is 9.55. The summed E-state index contributed by atoms with van der Waals surface area (Å²) in [5.74, 6) is 0.825. The Labute approximate surface area is 140 Å². The Morgan fingerprint density at radius 2 is 2.22 bits per heavy atom. The second-order valence-electron chi connectivity index (χ2n) is 5.91. The molecule has 3 rings (SSSR count). The van der Waals surface area contributed by atoms with E-state index in [1.807, 2.05) is 37.3 Å². The molecule has 5 heteroatoms. The van der Waals surface area contributed by atoms with Crippen LogP contribution in [0.5, 0.6) is 0 Å². The minimum absolute atomic E-state index is 0.134. The Morgan fingerprint density at radius 1 is 1.39 bits per heavy atom. The van der Waals surface area contributed by atoms with Gasteiger partial charge < -0.3 is 5.73 Å². The number of carbonyl (C=O) groups is 1. The minimum Gasteiger partial charge on any atom is -0.383 e. The molecule has 0 unspecified atom stereocenters. The van der Waals surface area contributed by atoms with Gasteiger partial charge >= 0.3 is 0 Å². The van der Waals surface area contributed by atoms with Crippen LogP contribution in [0.4, 0.5) is 0 Å². The van der Waals surface area contributed by atoms with Gasteiger partial charge in [0.15, 0.2) is 0 Å². The number of amidine groups is 1. The minimum atomic E-state index is 0.134. The molecule has 1 atom stereocenters. The van der Waals surface area contributed by atoms with Gasteiger partial charge in [-0.3, -0.25) is 14.8 Å². The van der Waals surface area contributed by atoms with Crippen LogP contribution in [0.1, 0.15) is 41.6 Å². The maximum Gasteiger partial charge on any atom is 0.139 e. The summed E-state index contributed by atoms with van der Waals surface area (Å²) in [4.78, 5) is 20.8. The van der Waals surface area contributed by atoms with Gasteiger partial charge in [0.1, 0.15) is 11.6 Å². The topological polar surface area (TPSA) is 68.3 Å². The summed E-state index contributed by atoms with van der Waals surface area (Å²) in [7, 11) is 0. The molecule has 0 aliphatic carbocycles. The van der Waals surface area contributed by atoms with E-state index in [4.69, 9.17) is 17.3 Å². The lowest BCUT2D eigenvalue weighted by atomic mass is 9.94. The van der Waals surface area contributed by atoms with Crippen molar-refractivity contribution in [1.29, 1.82) is 0 Å². The molecule has 1 aromatic carbocycles. The van der Waals surface area contributed by atoms with Crippen LogP contribution in [-0.2, 0) is 17.8 Å². The number of hydrogen-bond donors (Lipinski definition) is 1. The largest absolute Gasteiger partial charge is 0.383 e. The zero-order valence-electron chi connectivity index (χ0n) is 12.9. The molecule has 0 radical (unpaired) electrons. The molecular weight excluding hydrogens is 310 g/mol. The number of carbonyl (C=O) groups excluding carboxylic acids is 1. The molecule has 1 aromatic heterocycles. The molecule has 23 heavy (non-hydrogen) atoms. The van der Waals surface area contributed by atoms with Crippen LogP contribution >= 0.6 is 11.6 Å². The van der Waals surface area contributed by atoms with E-state index in [1.54, 1.807) is 6.20 Å². The number of benzene rings is 1. The van der Waals surface area contributed by atoms with E-state index in [1.165, 1.54) is 0 Å². The van der Waals surface area contributed by atoms with Crippen molar-refractivity contribution in [3.8, 4) is 0 Å². The van der Waals surface area contributed by atoms with E-state index < -0.39 is 0 Å². The second-order valence-corrected chi connectivity index (χ2v) is 6.35. The maximum absolute atomic E-state index is 12.3. The molecule has 0 saturated heterocycles. The van der Waals surface area contributed by atoms with Gasteiger partial charge in [-0.1, -0.05) is 30.7 Å². The maximum atomic E-state index is 12.3. The highest BCUT2D eigenvalue weighted by Gasteiger charge is 2.17. The predicted molar refractivity (Wildman–Crippen MR) is 91.9 cm³/mol. The molecule has 0 fully saturated rings. The number of aromatic nitrogens is 1. The third kappa shape index (κ3) is 3.59. The predicted octanol–water partition coefficient (Wildman–Crippen LogP) is 3.26. The summed E-state index contributed by atoms with van der Waals surface area (Å²) in [6, 6.07) is 9.58. The van der Waals surface area contributed by atoms with Crippen molar-refractivity contribution in [3.63, 3.8) is 0 Å². The third-order valence-electron chi connectivity index (χ3n) is 4.07. The quantitative estimate of drug-likeness (QED) is 0.916. The Kier molecular flexibility index (Phi) is 4.44. The third-order valence-corrected chi connectivity index (χ3v) is 4.31. The number of aliphatic imine (C=N–C) groups is 1. The van der Waals surface area contributed by atoms with Gasteiger partial charge in [-0.05, 0) is 35.2 Å². The van der Waals surface area contributed by atoms with Crippen molar-refractivity contribution in [2.75, 3.05) is 0 Å². The lowest BCUT2D eigenvalue weighted by molar-refractivity contribution is -0.118. The van der Waals surface area contributed by atoms with Gasteiger partial charge in [0, 0.05) is 35.3 Å². The molecule has 0 amide bonds. The number of halogens is 1. The molecule has 2 heterocycles. The van der Waals surface area contributed by atoms with Crippen LogP contribution in [0.15, 0.2) is 41.5 Å². The zero-order valence-corrected chi connectivity index (χ0v) is 13.7. The van der Waals surface area contributed by atoms with Crippen molar-refractivity contribution in [2.24, 2.45) is 10.7 Å². The van der Waals surface area contributed by atoms with Crippen molar-refractivity contribution in [1.82, 2.24) is 4.98 Å². The summed E-state index contributed by atoms with van der Waals surface area (Å²) in [6.45, 7) is 2.61. The number of Topliss-reactive ketones (excluding diaryl/α,β-unsaturated/α-hetero) is 1. The van der Waals surface area contributed by atoms with Crippen molar-refractivity contribution >= 4 is 23.2 Å². The van der Waals surface area contributed by atoms with E-state index in [0.29, 0.717) is 30.2 Å². The summed E-state index contributed by atoms with van der Waals surface area (Å²) in [5, 5.41) is 0.694. The van der Waals surface area contributed by atoms with Crippen LogP contribution in [0.3, 0.4) is 0 Å². The number of pyridine rings is 1. The van der Waals surface area contributed by atoms with Gasteiger partial charge in [0.2, 0.25) is 0 Å². The van der Waals surface area contributed by atoms with Crippen molar-refractivity contribution in [3.05, 3.63) is 63.9 Å². The fourth-order valence-electron chi connectivity index (χ4n) is 2.81. The number of rotatable bonds is 5. The highest BCUT2D eigenvalue weighted by atomic mass is 35.5. The number of nitrogens with two attached hydrogens (primary N) is 1. The average molecular weight is 328 g/mol. The Morgan fingerprint density at radius 3 is 3.00 bits per heavy atom. The molecule has 4 nitrogen and oxygen atoms in total. The van der Waals surface area contributed by atoms with Crippen LogP contribution in [-0.4, -0.2) is 16.6 Å². The molecule has 2 aromatic rings. The summed E-state index contributed by atoms with van der Waals surface area (Å²) in [6.07, 6.45) is 2.51. The number of ketones is 1. The van der Waals surface area contributed by atoms with E-state index in [-0.39, 0.29) is 11.7 Å². The number of hydrogen-bond acceptors (Lipinski definition) is 4. The highest BCUT2D eigenvalue weighted by molar-refractivity contribution is 6.30. The standard InChI is InChI=1S/C18H18ClN3O/c1-11(12-3-2-4-14(19)6-12)5-16(23)8-15-7-13-9-22-18(20)17(13)10-21-15/h2-4,6-7,10-11H,5,8-9H2,1H3,(H2,20,22)/t11-/m0/s1. The Balaban J connectivity index is 1.64. The number of fused-ring (bicyclic) bond motifs is 1. The number of nitrogens with zero attached hydrogens (tertiary/aromatic N) is 2. The SMILES string of the molecule is C[C@@H](CC(=O)Cc1cc2c(cn1)C(N)=NC2)c1cccc(Cl)c1. The normalized spacial score (nSPS) is 14.3. The molecule has 2 N–H and O–H groups in total. The first-order valence-corrected chi connectivity index (χ1v) is 7.96. The van der Waals surface area contributed by atoms with E-state index in [0.717, 1.165) is 22.4 Å². The second kappa shape index (κ2) is 6.50. The van der Waals surface area contributed by atoms with Gasteiger partial charge in [0.05, 0.1) is 6.54 Å². The molecule has 118 valence electrons. The fourth-order valence-corrected chi connectivity index (χ4v) is 3.01. The Bertz CT molecular complexity index is 786. The first-order chi connectivity index (χ1) is 11.0. The molecule has 0 bridgehead atoms. The molecule has 0 spiro atoms. The smallest absolute Gasteiger partial charge is 0.139 e. The van der Waals surface area contributed by atoms with Crippen LogP contribution in [0, 0.1) is 0 Å². The first kappa shape index (κ1) is 15.7. The van der Waals surface area contributed by atoms with Crippen LogP contribution < -0.4 is 5.73 Å². The molecule has 1 aliphatic heterocycles. The average Bonchev–Trinajstić information content (AvgIpc) is 2.88. The van der Waals surface area contributed by atoms with Gasteiger partial charge in [-0.15, -0.1) is 0 Å². The highest BCUT2D eigenvalue weighted by Crippen LogP contribution is 2.23. The van der Waals surface area contributed by atoms with Crippen molar-refractivity contribution < 1.29 is 4.79 Å².